The number of rotatable bonds is 6. The molecule has 2 rings (SSSR count). The van der Waals surface area contributed by atoms with Crippen molar-refractivity contribution in [3.05, 3.63) is 51.7 Å². The fraction of sp³-hybridized carbons (Fsp3) is 0.444. The number of hydrogen-bond acceptors (Lipinski definition) is 3. The average Bonchev–Trinajstić information content (AvgIpc) is 2.90. The Kier molecular flexibility index (Phi) is 5.43. The van der Waals surface area contributed by atoms with Gasteiger partial charge in [0.1, 0.15) is 12.4 Å². The standard InChI is InChI=1S/C18H25NOS/c1-5-14-8-6-7-9-17(14)20-13-16-11-10-15(21-16)12-19-18(2,3)4/h6-11,19H,5,12-13H2,1-4H3. The highest BCUT2D eigenvalue weighted by atomic mass is 32.1. The summed E-state index contributed by atoms with van der Waals surface area (Å²) in [6.07, 6.45) is 1.00. The molecule has 0 unspecified atom stereocenters. The van der Waals surface area contributed by atoms with Gasteiger partial charge < -0.3 is 10.1 Å². The van der Waals surface area contributed by atoms with Gasteiger partial charge in [0.25, 0.3) is 0 Å². The van der Waals surface area contributed by atoms with E-state index in [1.165, 1.54) is 15.3 Å². The van der Waals surface area contributed by atoms with Crippen LogP contribution in [0, 0.1) is 0 Å². The number of nitrogens with one attached hydrogen (secondary N) is 1. The topological polar surface area (TPSA) is 21.3 Å². The quantitative estimate of drug-likeness (QED) is 0.829. The lowest BCUT2D eigenvalue weighted by atomic mass is 10.1. The summed E-state index contributed by atoms with van der Waals surface area (Å²) in [7, 11) is 0. The maximum Gasteiger partial charge on any atom is 0.123 e. The Hall–Kier alpha value is -1.32. The lowest BCUT2D eigenvalue weighted by Crippen LogP contribution is -2.34. The van der Waals surface area contributed by atoms with E-state index in [1.54, 1.807) is 0 Å². The van der Waals surface area contributed by atoms with Gasteiger partial charge in [-0.3, -0.25) is 0 Å². The molecule has 0 spiro atoms. The van der Waals surface area contributed by atoms with Crippen LogP contribution in [0.4, 0.5) is 0 Å². The minimum absolute atomic E-state index is 0.153. The third-order valence-corrected chi connectivity index (χ3v) is 4.29. The van der Waals surface area contributed by atoms with Crippen LogP contribution < -0.4 is 10.1 Å². The number of thiophene rings is 1. The summed E-state index contributed by atoms with van der Waals surface area (Å²) in [6, 6.07) is 12.6. The molecule has 0 aliphatic carbocycles. The van der Waals surface area contributed by atoms with Crippen LogP contribution in [0.2, 0.25) is 0 Å². The smallest absolute Gasteiger partial charge is 0.123 e. The molecule has 0 bridgehead atoms. The maximum absolute atomic E-state index is 5.96. The molecule has 0 radical (unpaired) electrons. The predicted octanol–water partition coefficient (Wildman–Crippen LogP) is 4.78. The van der Waals surface area contributed by atoms with Crippen LogP contribution in [-0.2, 0) is 19.6 Å². The van der Waals surface area contributed by atoms with E-state index < -0.39 is 0 Å². The Balaban J connectivity index is 1.91. The van der Waals surface area contributed by atoms with Gasteiger partial charge in [0.2, 0.25) is 0 Å². The molecular weight excluding hydrogens is 278 g/mol. The monoisotopic (exact) mass is 303 g/mol. The van der Waals surface area contributed by atoms with Gasteiger partial charge in [-0.25, -0.2) is 0 Å². The molecule has 0 aliphatic heterocycles. The maximum atomic E-state index is 5.96. The van der Waals surface area contributed by atoms with Crippen LogP contribution in [0.25, 0.3) is 0 Å². The minimum atomic E-state index is 0.153. The van der Waals surface area contributed by atoms with Gasteiger partial charge in [0, 0.05) is 21.8 Å². The summed E-state index contributed by atoms with van der Waals surface area (Å²) in [5.41, 5.74) is 1.42. The zero-order chi connectivity index (χ0) is 15.3. The molecule has 1 N–H and O–H groups in total. The van der Waals surface area contributed by atoms with Gasteiger partial charge in [0.05, 0.1) is 0 Å². The fourth-order valence-corrected chi connectivity index (χ4v) is 2.90. The lowest BCUT2D eigenvalue weighted by Gasteiger charge is -2.19. The molecule has 0 atom stereocenters. The molecule has 0 saturated carbocycles. The first-order valence-electron chi connectivity index (χ1n) is 7.51. The molecule has 3 heteroatoms. The fourth-order valence-electron chi connectivity index (χ4n) is 2.03. The van der Waals surface area contributed by atoms with E-state index in [-0.39, 0.29) is 5.54 Å². The molecule has 1 aromatic heterocycles. The first kappa shape index (κ1) is 16.1. The molecule has 114 valence electrons. The van der Waals surface area contributed by atoms with Crippen molar-refractivity contribution in [2.24, 2.45) is 0 Å². The van der Waals surface area contributed by atoms with Crippen LogP contribution in [0.5, 0.6) is 5.75 Å². The van der Waals surface area contributed by atoms with Gasteiger partial charge in [-0.2, -0.15) is 0 Å². The second-order valence-corrected chi connectivity index (χ2v) is 7.47. The van der Waals surface area contributed by atoms with Gasteiger partial charge in [0.15, 0.2) is 0 Å². The van der Waals surface area contributed by atoms with E-state index in [1.807, 2.05) is 17.4 Å². The van der Waals surface area contributed by atoms with E-state index >= 15 is 0 Å². The molecule has 0 fully saturated rings. The normalized spacial score (nSPS) is 11.6. The number of hydrogen-bond donors (Lipinski definition) is 1. The minimum Gasteiger partial charge on any atom is -0.488 e. The van der Waals surface area contributed by atoms with E-state index in [2.05, 4.69) is 63.3 Å². The highest BCUT2D eigenvalue weighted by molar-refractivity contribution is 7.11. The Morgan fingerprint density at radius 2 is 1.76 bits per heavy atom. The van der Waals surface area contributed by atoms with Gasteiger partial charge in [-0.15, -0.1) is 11.3 Å². The second-order valence-electron chi connectivity index (χ2n) is 6.22. The highest BCUT2D eigenvalue weighted by Gasteiger charge is 2.10. The summed E-state index contributed by atoms with van der Waals surface area (Å²) in [5.74, 6) is 1.00. The summed E-state index contributed by atoms with van der Waals surface area (Å²) in [5, 5.41) is 3.51. The van der Waals surface area contributed by atoms with Crippen molar-refractivity contribution in [2.45, 2.75) is 52.8 Å². The number of para-hydroxylation sites is 1. The second kappa shape index (κ2) is 7.10. The summed E-state index contributed by atoms with van der Waals surface area (Å²) in [4.78, 5) is 2.62. The Morgan fingerprint density at radius 3 is 2.48 bits per heavy atom. The molecule has 0 amide bonds. The Bertz CT molecular complexity index is 569. The number of aryl methyl sites for hydroxylation is 1. The van der Waals surface area contributed by atoms with Crippen molar-refractivity contribution in [3.8, 4) is 5.75 Å². The van der Waals surface area contributed by atoms with Gasteiger partial charge in [-0.1, -0.05) is 25.1 Å². The Labute approximate surface area is 132 Å². The third-order valence-electron chi connectivity index (χ3n) is 3.23. The van der Waals surface area contributed by atoms with E-state index in [0.29, 0.717) is 6.61 Å². The Morgan fingerprint density at radius 1 is 1.05 bits per heavy atom. The molecular formula is C18H25NOS. The predicted molar refractivity (Wildman–Crippen MR) is 91.1 cm³/mol. The molecule has 0 saturated heterocycles. The zero-order valence-electron chi connectivity index (χ0n) is 13.4. The summed E-state index contributed by atoms with van der Waals surface area (Å²) >= 11 is 1.82. The van der Waals surface area contributed by atoms with Crippen molar-refractivity contribution in [1.29, 1.82) is 0 Å². The van der Waals surface area contributed by atoms with Gasteiger partial charge >= 0.3 is 0 Å². The molecule has 2 nitrogen and oxygen atoms in total. The molecule has 2 aromatic rings. The molecule has 1 heterocycles. The average molecular weight is 303 g/mol. The van der Waals surface area contributed by atoms with Gasteiger partial charge in [-0.05, 0) is 51.0 Å². The molecule has 1 aromatic carbocycles. The van der Waals surface area contributed by atoms with Crippen LogP contribution in [0.15, 0.2) is 36.4 Å². The van der Waals surface area contributed by atoms with E-state index in [0.717, 1.165) is 18.7 Å². The first-order valence-corrected chi connectivity index (χ1v) is 8.33. The van der Waals surface area contributed by atoms with Crippen molar-refractivity contribution >= 4 is 11.3 Å². The number of benzene rings is 1. The number of ether oxygens (including phenoxy) is 1. The van der Waals surface area contributed by atoms with Crippen LogP contribution >= 0.6 is 11.3 Å². The summed E-state index contributed by atoms with van der Waals surface area (Å²) < 4.78 is 5.96. The largest absolute Gasteiger partial charge is 0.488 e. The van der Waals surface area contributed by atoms with E-state index in [9.17, 15) is 0 Å². The molecule has 21 heavy (non-hydrogen) atoms. The van der Waals surface area contributed by atoms with Crippen LogP contribution in [-0.4, -0.2) is 5.54 Å². The molecule has 0 aliphatic rings. The highest BCUT2D eigenvalue weighted by Crippen LogP contribution is 2.22. The zero-order valence-corrected chi connectivity index (χ0v) is 14.2. The van der Waals surface area contributed by atoms with Crippen molar-refractivity contribution < 1.29 is 4.74 Å². The van der Waals surface area contributed by atoms with Crippen LogP contribution in [0.1, 0.15) is 43.0 Å². The lowest BCUT2D eigenvalue weighted by molar-refractivity contribution is 0.306. The van der Waals surface area contributed by atoms with Crippen LogP contribution in [0.3, 0.4) is 0 Å². The summed E-state index contributed by atoms with van der Waals surface area (Å²) in [6.45, 7) is 10.3. The van der Waals surface area contributed by atoms with Crippen molar-refractivity contribution in [2.75, 3.05) is 0 Å². The SMILES string of the molecule is CCc1ccccc1OCc1ccc(CNC(C)(C)C)s1. The first-order chi connectivity index (χ1) is 9.98. The van der Waals surface area contributed by atoms with E-state index in [4.69, 9.17) is 4.74 Å². The van der Waals surface area contributed by atoms with Crippen molar-refractivity contribution in [3.63, 3.8) is 0 Å². The van der Waals surface area contributed by atoms with Crippen molar-refractivity contribution in [1.82, 2.24) is 5.32 Å². The third kappa shape index (κ3) is 5.18.